The molecule has 28 nitrogen and oxygen atoms in total. The molecule has 0 radical (unpaired) electrons. The molecule has 12 bridgehead atoms. The molecule has 534 valence electrons. The number of imide groups is 1. The first-order chi connectivity index (χ1) is 46.1. The number of urea groups is 1. The Morgan fingerprint density at radius 3 is 2.16 bits per heavy atom. The molecule has 0 aliphatic carbocycles. The van der Waals surface area contributed by atoms with Crippen molar-refractivity contribution in [1.82, 2.24) is 36.0 Å². The summed E-state index contributed by atoms with van der Waals surface area (Å²) in [7, 11) is 1.57. The highest BCUT2D eigenvalue weighted by molar-refractivity contribution is 6.13. The predicted octanol–water partition coefficient (Wildman–Crippen LogP) is 1.16. The molecule has 96 heavy (non-hydrogen) atoms. The zero-order valence-corrected chi connectivity index (χ0v) is 56.1. The molecule has 0 saturated carbocycles. The number of ketones is 1. The summed E-state index contributed by atoms with van der Waals surface area (Å²) in [6.07, 6.45) is 3.15. The van der Waals surface area contributed by atoms with Crippen LogP contribution in [-0.4, -0.2) is 268 Å². The summed E-state index contributed by atoms with van der Waals surface area (Å²) in [5, 5.41) is 22.8. The number of nitrogens with one attached hydrogen (secondary N) is 4. The first-order valence-electron chi connectivity index (χ1n) is 35.1. The van der Waals surface area contributed by atoms with Gasteiger partial charge in [0, 0.05) is 116 Å². The van der Waals surface area contributed by atoms with Crippen LogP contribution in [0, 0.1) is 17.8 Å². The Labute approximate surface area is 561 Å². The molecule has 11 fully saturated rings. The monoisotopic (exact) mass is 1350 g/mol. The van der Waals surface area contributed by atoms with Crippen molar-refractivity contribution in [2.45, 2.75) is 239 Å². The van der Waals surface area contributed by atoms with E-state index in [1.54, 1.807) is 25.9 Å². The fraction of sp³-hybridized carbons (Fsp3) is 0.794. The normalized spacial score (nSPS) is 36.9. The average Bonchev–Trinajstić information content (AvgIpc) is 1.54. The number of methoxy groups -OCH3 is 1. The number of nitrogens with zero attached hydrogens (tertiary/aromatic N) is 3. The minimum atomic E-state index is -1.19. The molecule has 12 aliphatic rings. The third-order valence-electron chi connectivity index (χ3n) is 21.4. The number of ether oxygens (including phenoxy) is 11. The highest BCUT2D eigenvalue weighted by Crippen LogP contribution is 2.54. The van der Waals surface area contributed by atoms with E-state index in [-0.39, 0.29) is 171 Å². The van der Waals surface area contributed by atoms with Crippen LogP contribution < -0.4 is 27.0 Å². The van der Waals surface area contributed by atoms with Gasteiger partial charge in [-0.05, 0) is 80.8 Å². The lowest BCUT2D eigenvalue weighted by atomic mass is 9.81. The lowest BCUT2D eigenvalue weighted by Gasteiger charge is -2.47. The molecule has 21 atom stereocenters. The number of fused-ring (bicyclic) bond motifs is 6. The van der Waals surface area contributed by atoms with E-state index in [0.717, 1.165) is 48.2 Å². The van der Waals surface area contributed by atoms with Crippen molar-refractivity contribution in [1.29, 1.82) is 0 Å². The summed E-state index contributed by atoms with van der Waals surface area (Å²) < 4.78 is 72.8. The van der Waals surface area contributed by atoms with Gasteiger partial charge in [-0.3, -0.25) is 43.4 Å². The van der Waals surface area contributed by atoms with Gasteiger partial charge in [-0.2, -0.15) is 0 Å². The number of nitrogens with two attached hydrogens (primary N) is 1. The molecule has 12 rings (SSSR count). The third-order valence-corrected chi connectivity index (χ3v) is 21.4. The molecule has 0 aromatic carbocycles. The number of hydrogen-bond donors (Lipinski definition) is 6. The van der Waals surface area contributed by atoms with Gasteiger partial charge in [0.15, 0.2) is 5.79 Å². The minimum absolute atomic E-state index is 0.00803. The second-order valence-corrected chi connectivity index (χ2v) is 28.5. The number of aliphatic hydroxyl groups is 1. The van der Waals surface area contributed by atoms with E-state index < -0.39 is 114 Å². The first kappa shape index (κ1) is 71.9. The van der Waals surface area contributed by atoms with Crippen LogP contribution in [0.15, 0.2) is 36.5 Å². The number of primary amides is 1. The van der Waals surface area contributed by atoms with Crippen LogP contribution in [0.2, 0.25) is 0 Å². The largest absolute Gasteiger partial charge is 0.391 e. The summed E-state index contributed by atoms with van der Waals surface area (Å²) in [5.74, 6) is -4.53. The third kappa shape index (κ3) is 17.4. The smallest absolute Gasteiger partial charge is 0.312 e. The molecule has 12 aliphatic heterocycles. The van der Waals surface area contributed by atoms with Gasteiger partial charge in [-0.25, -0.2) is 4.79 Å². The van der Waals surface area contributed by atoms with Crippen LogP contribution in [0.3, 0.4) is 0 Å². The predicted molar refractivity (Wildman–Crippen MR) is 341 cm³/mol. The molecule has 12 heterocycles. The summed E-state index contributed by atoms with van der Waals surface area (Å²) in [5.41, 5.74) is 7.35. The van der Waals surface area contributed by atoms with Gasteiger partial charge in [0.1, 0.15) is 48.4 Å². The molecule has 2 unspecified atom stereocenters. The van der Waals surface area contributed by atoms with Crippen molar-refractivity contribution in [2.75, 3.05) is 85.9 Å². The Morgan fingerprint density at radius 1 is 0.740 bits per heavy atom. The fourth-order valence-electron chi connectivity index (χ4n) is 16.2. The highest BCUT2D eigenvalue weighted by atomic mass is 16.8. The lowest BCUT2D eigenvalue weighted by molar-refractivity contribution is -0.292. The van der Waals surface area contributed by atoms with Crippen molar-refractivity contribution >= 4 is 47.3 Å². The molecule has 0 aromatic rings. The Bertz CT molecular complexity index is 2830. The summed E-state index contributed by atoms with van der Waals surface area (Å²) in [6, 6.07) is -3.00. The second-order valence-electron chi connectivity index (χ2n) is 28.5. The number of aliphatic hydroxyl groups excluding tert-OH is 1. The van der Waals surface area contributed by atoms with Gasteiger partial charge in [0.05, 0.1) is 100 Å². The molecule has 0 aromatic heterocycles. The van der Waals surface area contributed by atoms with Crippen LogP contribution in [0.5, 0.6) is 0 Å². The summed E-state index contributed by atoms with van der Waals surface area (Å²) >= 11 is 0. The van der Waals surface area contributed by atoms with E-state index in [2.05, 4.69) is 41.3 Å². The van der Waals surface area contributed by atoms with E-state index >= 15 is 0 Å². The number of rotatable bonds is 19. The van der Waals surface area contributed by atoms with Crippen molar-refractivity contribution in [2.24, 2.45) is 23.5 Å². The Morgan fingerprint density at radius 2 is 1.43 bits per heavy atom. The number of carbonyl (C=O) groups is 8. The molecule has 11 saturated heterocycles. The van der Waals surface area contributed by atoms with E-state index in [0.29, 0.717) is 45.2 Å². The van der Waals surface area contributed by atoms with Crippen molar-refractivity contribution in [3.63, 3.8) is 0 Å². The summed E-state index contributed by atoms with van der Waals surface area (Å²) in [4.78, 5) is 110. The van der Waals surface area contributed by atoms with Crippen LogP contribution in [-0.2, 0) is 85.7 Å². The molecular formula is C68H102N8O20. The van der Waals surface area contributed by atoms with E-state index in [4.69, 9.17) is 57.8 Å². The van der Waals surface area contributed by atoms with Crippen LogP contribution >= 0.6 is 0 Å². The topological polar surface area (TPSA) is 342 Å². The Balaban J connectivity index is 0.709. The SMILES string of the molecule is C=C1C[C@@H]2CC[C@@]34C[C@H]5OC6C(O[C@H]7CC[C@H](CC(=O)C[C@@H]8[C@@H](OC)[C@@H](C[C@H](O)CNC(=O)[C@H](CCCNC(N)=O)NC(=O)[C@@H](NC(=O)CN9CCOCCN(C(=O)CCN%10C(=O)C=CC%10=O)CCOCC9)C(C)C)O[C@H]8C[C@H]8O[C@@H](CC[C@@H]1O2)C[C@@H](C)C8=C)O[C@@H]7[C@@H]6O3)[C@H]5O4. The maximum Gasteiger partial charge on any atom is 0.312 e. The number of amides is 8. The van der Waals surface area contributed by atoms with Gasteiger partial charge < -0.3 is 89.1 Å². The molecular weight excluding hydrogens is 1250 g/mol. The fourth-order valence-corrected chi connectivity index (χ4v) is 16.2. The lowest BCUT2D eigenvalue weighted by Crippen LogP contribution is -2.61. The van der Waals surface area contributed by atoms with Gasteiger partial charge >= 0.3 is 6.03 Å². The molecule has 1 spiro atoms. The van der Waals surface area contributed by atoms with E-state index in [1.165, 1.54) is 12.2 Å². The second kappa shape index (κ2) is 32.3. The maximum absolute atomic E-state index is 14.7. The number of Topliss-reactive ketones (excluding diaryl/α,β-unsaturated/α-hetero) is 1. The van der Waals surface area contributed by atoms with Crippen molar-refractivity contribution in [3.8, 4) is 0 Å². The molecule has 28 heteroatoms. The first-order valence-corrected chi connectivity index (χ1v) is 35.1. The van der Waals surface area contributed by atoms with Gasteiger partial charge in [0.25, 0.3) is 11.8 Å². The van der Waals surface area contributed by atoms with E-state index in [1.807, 2.05) is 4.90 Å². The summed E-state index contributed by atoms with van der Waals surface area (Å²) in [6.45, 7) is 16.3. The van der Waals surface area contributed by atoms with Crippen molar-refractivity contribution in [3.05, 3.63) is 36.5 Å². The van der Waals surface area contributed by atoms with Crippen molar-refractivity contribution < 1.29 is 95.6 Å². The zero-order valence-electron chi connectivity index (χ0n) is 56.1. The number of hydrogen-bond acceptors (Lipinski definition) is 21. The standard InChI is InChI=1S/C68H102N8O20/c1-37(2)58(73-54(79)36-74-20-24-87-26-22-75(23-27-88-25-21-74)55(80)16-19-76-56(81)13-14-57(76)82)66(84)72-47(8-7-18-70-67(69)85)65(83)71-35-42(78)32-52-59(86-6)46-31-41(77)30-44-10-12-49-60(91-44)64-63-62(93-49)61-53(94-63)34-68(95-61,96-64)17-15-45-29-39(4)48(89-45)11-9-43-28-38(3)40(5)50(90-43)33-51(46)92-52/h13-14,37-38,42-53,58-64,78H,4-5,7-12,15-36H2,1-3,6H3,(H,71,83)(H,72,84)(H,73,79)(H3,69,70,85)/t38-,42+,43+,44-,45+,46+,47+,48+,49+,50-,51+,52-,53-,58+,59-,60+,61+,62?,63?,64+,68+/m1/s1. The highest BCUT2D eigenvalue weighted by Gasteiger charge is 2.69. The quantitative estimate of drug-likeness (QED) is 0.0600. The maximum atomic E-state index is 14.7. The van der Waals surface area contributed by atoms with Crippen LogP contribution in [0.1, 0.15) is 124 Å². The van der Waals surface area contributed by atoms with Crippen LogP contribution in [0.25, 0.3) is 0 Å². The minimum Gasteiger partial charge on any atom is -0.391 e. The Kier molecular flexibility index (Phi) is 24.2. The Hall–Kier alpha value is -5.34. The number of carbonyl (C=O) groups excluding carboxylic acids is 8. The molecule has 8 amide bonds. The molecule has 7 N–H and O–H groups in total. The average molecular weight is 1350 g/mol. The van der Waals surface area contributed by atoms with Gasteiger partial charge in [-0.15, -0.1) is 0 Å². The van der Waals surface area contributed by atoms with E-state index in [9.17, 15) is 43.5 Å². The zero-order chi connectivity index (χ0) is 67.9. The van der Waals surface area contributed by atoms with Gasteiger partial charge in [0.2, 0.25) is 23.6 Å². The van der Waals surface area contributed by atoms with Crippen LogP contribution in [0.4, 0.5) is 4.79 Å². The van der Waals surface area contributed by atoms with Gasteiger partial charge in [-0.1, -0.05) is 33.9 Å².